The van der Waals surface area contributed by atoms with Gasteiger partial charge in [-0.3, -0.25) is 0 Å². The van der Waals surface area contributed by atoms with E-state index < -0.39 is 0 Å². The zero-order valence-corrected chi connectivity index (χ0v) is 11.6. The van der Waals surface area contributed by atoms with E-state index in [1.54, 1.807) is 0 Å². The van der Waals surface area contributed by atoms with E-state index in [0.29, 0.717) is 10.2 Å². The Hall–Kier alpha value is 0.270. The molecule has 1 saturated heterocycles. The first-order chi connectivity index (χ1) is 7.55. The molecule has 0 aromatic heterocycles. The van der Waals surface area contributed by atoms with Crippen molar-refractivity contribution in [2.45, 2.75) is 44.3 Å². The molecule has 16 heavy (non-hydrogen) atoms. The van der Waals surface area contributed by atoms with Gasteiger partial charge in [0.2, 0.25) is 0 Å². The minimum absolute atomic E-state index is 0.452. The summed E-state index contributed by atoms with van der Waals surface area (Å²) in [5.41, 5.74) is 6.44. The number of thioether (sulfide) groups is 1. The topological polar surface area (TPSA) is 29.3 Å². The van der Waals surface area contributed by atoms with Gasteiger partial charge in [0.05, 0.1) is 0 Å². The lowest BCUT2D eigenvalue weighted by Crippen LogP contribution is -2.46. The average molecular weight is 242 g/mol. The van der Waals surface area contributed by atoms with Gasteiger partial charge in [-0.15, -0.1) is 0 Å². The van der Waals surface area contributed by atoms with Gasteiger partial charge in [0, 0.05) is 23.6 Å². The summed E-state index contributed by atoms with van der Waals surface area (Å²) in [6.07, 6.45) is 5.47. The number of hydrogen-bond donors (Lipinski definition) is 1. The summed E-state index contributed by atoms with van der Waals surface area (Å²) in [4.78, 5) is 2.65. The third kappa shape index (κ3) is 2.93. The van der Waals surface area contributed by atoms with Crippen molar-refractivity contribution in [3.63, 3.8) is 0 Å². The van der Waals surface area contributed by atoms with Crippen LogP contribution >= 0.6 is 11.8 Å². The van der Waals surface area contributed by atoms with Crippen LogP contribution in [-0.2, 0) is 0 Å². The van der Waals surface area contributed by atoms with Crippen molar-refractivity contribution in [3.05, 3.63) is 0 Å². The SMILES string of the molecule is CC1(C)CN(CCC2(CN)CCC2)CCS1. The van der Waals surface area contributed by atoms with Crippen molar-refractivity contribution < 1.29 is 0 Å². The Labute approximate surface area is 104 Å². The Morgan fingerprint density at radius 3 is 2.56 bits per heavy atom. The largest absolute Gasteiger partial charge is 0.330 e. The van der Waals surface area contributed by atoms with E-state index in [-0.39, 0.29) is 0 Å². The molecule has 1 heterocycles. The van der Waals surface area contributed by atoms with E-state index in [0.717, 1.165) is 6.54 Å². The molecule has 0 bridgehead atoms. The molecule has 2 nitrogen and oxygen atoms in total. The predicted molar refractivity (Wildman–Crippen MR) is 72.9 cm³/mol. The molecule has 0 amide bonds. The van der Waals surface area contributed by atoms with Crippen LogP contribution in [-0.4, -0.2) is 41.6 Å². The summed E-state index contributed by atoms with van der Waals surface area (Å²) in [5.74, 6) is 1.29. The number of rotatable bonds is 4. The first kappa shape index (κ1) is 12.7. The Morgan fingerprint density at radius 1 is 1.31 bits per heavy atom. The van der Waals surface area contributed by atoms with Crippen LogP contribution in [0.2, 0.25) is 0 Å². The molecule has 2 rings (SSSR count). The monoisotopic (exact) mass is 242 g/mol. The molecule has 94 valence electrons. The molecule has 1 saturated carbocycles. The summed E-state index contributed by atoms with van der Waals surface area (Å²) >= 11 is 2.12. The molecule has 0 spiro atoms. The number of nitrogens with zero attached hydrogens (tertiary/aromatic N) is 1. The highest BCUT2D eigenvalue weighted by Gasteiger charge is 2.36. The molecule has 1 aliphatic carbocycles. The fourth-order valence-corrected chi connectivity index (χ4v) is 4.11. The van der Waals surface area contributed by atoms with Gasteiger partial charge in [-0.05, 0) is 51.6 Å². The van der Waals surface area contributed by atoms with Gasteiger partial charge in [-0.25, -0.2) is 0 Å². The molecule has 0 aromatic rings. The summed E-state index contributed by atoms with van der Waals surface area (Å²) in [6, 6.07) is 0. The average Bonchev–Trinajstić information content (AvgIpc) is 2.15. The lowest BCUT2D eigenvalue weighted by Gasteiger charge is -2.44. The molecule has 0 radical (unpaired) electrons. The van der Waals surface area contributed by atoms with Crippen molar-refractivity contribution in [2.75, 3.05) is 31.9 Å². The Morgan fingerprint density at radius 2 is 2.06 bits per heavy atom. The van der Waals surface area contributed by atoms with Gasteiger partial charge < -0.3 is 10.6 Å². The fourth-order valence-electron chi connectivity index (χ4n) is 2.93. The number of nitrogens with two attached hydrogens (primary N) is 1. The van der Waals surface area contributed by atoms with E-state index in [4.69, 9.17) is 5.73 Å². The molecule has 3 heteroatoms. The third-order valence-corrected chi connectivity index (χ3v) is 5.61. The minimum atomic E-state index is 0.452. The summed E-state index contributed by atoms with van der Waals surface area (Å²) in [7, 11) is 0. The van der Waals surface area contributed by atoms with Crippen LogP contribution in [0.3, 0.4) is 0 Å². The summed E-state index contributed by atoms with van der Waals surface area (Å²) < 4.78 is 0.452. The highest BCUT2D eigenvalue weighted by Crippen LogP contribution is 2.43. The van der Waals surface area contributed by atoms with Crippen molar-refractivity contribution in [1.82, 2.24) is 4.90 Å². The van der Waals surface area contributed by atoms with Gasteiger partial charge in [0.1, 0.15) is 0 Å². The smallest absolute Gasteiger partial charge is 0.0231 e. The molecule has 0 unspecified atom stereocenters. The lowest BCUT2D eigenvalue weighted by molar-refractivity contribution is 0.104. The van der Waals surface area contributed by atoms with Crippen molar-refractivity contribution >= 4 is 11.8 Å². The van der Waals surface area contributed by atoms with Crippen molar-refractivity contribution in [3.8, 4) is 0 Å². The maximum atomic E-state index is 5.92. The second-order valence-corrected chi connectivity index (χ2v) is 7.99. The van der Waals surface area contributed by atoms with Gasteiger partial charge in [-0.1, -0.05) is 6.42 Å². The van der Waals surface area contributed by atoms with Crippen molar-refractivity contribution in [2.24, 2.45) is 11.1 Å². The Kier molecular flexibility index (Phi) is 3.87. The molecule has 2 fully saturated rings. The van der Waals surface area contributed by atoms with Crippen LogP contribution in [0.15, 0.2) is 0 Å². The highest BCUT2D eigenvalue weighted by molar-refractivity contribution is 8.00. The fraction of sp³-hybridized carbons (Fsp3) is 1.00. The maximum absolute atomic E-state index is 5.92. The van der Waals surface area contributed by atoms with Gasteiger partial charge in [0.25, 0.3) is 0 Å². The maximum Gasteiger partial charge on any atom is 0.0231 e. The van der Waals surface area contributed by atoms with Crippen LogP contribution in [0.4, 0.5) is 0 Å². The zero-order valence-electron chi connectivity index (χ0n) is 10.8. The van der Waals surface area contributed by atoms with Gasteiger partial charge in [0.15, 0.2) is 0 Å². The lowest BCUT2D eigenvalue weighted by atomic mass is 9.66. The minimum Gasteiger partial charge on any atom is -0.330 e. The first-order valence-corrected chi connectivity index (χ1v) is 7.60. The Balaban J connectivity index is 1.77. The molecule has 2 N–H and O–H groups in total. The summed E-state index contributed by atoms with van der Waals surface area (Å²) in [6.45, 7) is 9.42. The highest BCUT2D eigenvalue weighted by atomic mass is 32.2. The normalized spacial score (nSPS) is 28.7. The molecule has 1 aliphatic heterocycles. The van der Waals surface area contributed by atoms with Gasteiger partial charge in [-0.2, -0.15) is 11.8 Å². The second-order valence-electron chi connectivity index (χ2n) is 6.19. The van der Waals surface area contributed by atoms with E-state index in [1.807, 2.05) is 0 Å². The van der Waals surface area contributed by atoms with Crippen molar-refractivity contribution in [1.29, 1.82) is 0 Å². The number of hydrogen-bond acceptors (Lipinski definition) is 3. The quantitative estimate of drug-likeness (QED) is 0.820. The van der Waals surface area contributed by atoms with Crippen LogP contribution in [0, 0.1) is 5.41 Å². The van der Waals surface area contributed by atoms with E-state index in [2.05, 4.69) is 30.5 Å². The van der Waals surface area contributed by atoms with Crippen LogP contribution < -0.4 is 5.73 Å². The Bertz CT molecular complexity index is 231. The molecule has 0 atom stereocenters. The molecular formula is C13H26N2S. The molecular weight excluding hydrogens is 216 g/mol. The van der Waals surface area contributed by atoms with E-state index in [1.165, 1.54) is 51.1 Å². The molecule has 2 aliphatic rings. The third-order valence-electron chi connectivity index (χ3n) is 4.31. The summed E-state index contributed by atoms with van der Waals surface area (Å²) in [5, 5.41) is 0. The first-order valence-electron chi connectivity index (χ1n) is 6.62. The van der Waals surface area contributed by atoms with Crippen LogP contribution in [0.5, 0.6) is 0 Å². The van der Waals surface area contributed by atoms with E-state index in [9.17, 15) is 0 Å². The zero-order chi connectivity index (χ0) is 11.6. The predicted octanol–water partition coefficient (Wildman–Crippen LogP) is 2.33. The molecule has 0 aromatic carbocycles. The van der Waals surface area contributed by atoms with Gasteiger partial charge >= 0.3 is 0 Å². The second kappa shape index (κ2) is 4.87. The van der Waals surface area contributed by atoms with Crippen LogP contribution in [0.1, 0.15) is 39.5 Å². The van der Waals surface area contributed by atoms with E-state index >= 15 is 0 Å². The van der Waals surface area contributed by atoms with Crippen LogP contribution in [0.25, 0.3) is 0 Å². The standard InChI is InChI=1S/C13H26N2S/c1-12(2)11-15(8-9-16-12)7-6-13(10-14)4-3-5-13/h3-11,14H2,1-2H3.